The Bertz CT molecular complexity index is 391. The summed E-state index contributed by atoms with van der Waals surface area (Å²) in [4.78, 5) is 38.0. The van der Waals surface area contributed by atoms with Gasteiger partial charge in [0.1, 0.15) is 0 Å². The van der Waals surface area contributed by atoms with Crippen molar-refractivity contribution in [2.45, 2.75) is 18.9 Å². The fourth-order valence-corrected chi connectivity index (χ4v) is 2.25. The Morgan fingerprint density at radius 2 is 1.90 bits per heavy atom. The largest absolute Gasteiger partial charge is 0.480 e. The predicted molar refractivity (Wildman–Crippen MR) is 74.8 cm³/mol. The molecule has 0 aromatic rings. The summed E-state index contributed by atoms with van der Waals surface area (Å²) in [7, 11) is 4.75. The zero-order valence-corrected chi connectivity index (χ0v) is 12.7. The van der Waals surface area contributed by atoms with Gasteiger partial charge in [-0.1, -0.05) is 0 Å². The van der Waals surface area contributed by atoms with Crippen molar-refractivity contribution in [3.05, 3.63) is 0 Å². The third-order valence-corrected chi connectivity index (χ3v) is 3.47. The Kier molecular flexibility index (Phi) is 6.41. The van der Waals surface area contributed by atoms with E-state index in [1.807, 2.05) is 0 Å². The van der Waals surface area contributed by atoms with Gasteiger partial charge in [-0.15, -0.1) is 0 Å². The number of urea groups is 1. The Morgan fingerprint density at radius 3 is 2.33 bits per heavy atom. The molecule has 1 aliphatic rings. The molecule has 1 saturated heterocycles. The van der Waals surface area contributed by atoms with E-state index in [-0.39, 0.29) is 24.5 Å². The van der Waals surface area contributed by atoms with Gasteiger partial charge in [0.25, 0.3) is 0 Å². The van der Waals surface area contributed by atoms with Crippen molar-refractivity contribution in [3.8, 4) is 0 Å². The van der Waals surface area contributed by atoms with Gasteiger partial charge >= 0.3 is 12.0 Å². The van der Waals surface area contributed by atoms with Gasteiger partial charge in [0, 0.05) is 40.2 Å². The number of methoxy groups -OCH3 is 1. The number of likely N-dealkylation sites (tertiary alicyclic amines) is 1. The van der Waals surface area contributed by atoms with Crippen molar-refractivity contribution in [1.82, 2.24) is 15.1 Å². The smallest absolute Gasteiger partial charge is 0.328 e. The van der Waals surface area contributed by atoms with Crippen molar-refractivity contribution in [3.63, 3.8) is 0 Å². The monoisotopic (exact) mass is 301 g/mol. The Balaban J connectivity index is 2.48. The molecule has 0 radical (unpaired) electrons. The molecule has 1 unspecified atom stereocenters. The minimum absolute atomic E-state index is 0.0704. The number of hydrogen-bond donors (Lipinski definition) is 2. The fraction of sp³-hybridized carbons (Fsp3) is 0.769. The van der Waals surface area contributed by atoms with Crippen molar-refractivity contribution in [1.29, 1.82) is 0 Å². The molecule has 120 valence electrons. The zero-order chi connectivity index (χ0) is 16.0. The van der Waals surface area contributed by atoms with Crippen LogP contribution in [0.2, 0.25) is 0 Å². The molecule has 1 fully saturated rings. The van der Waals surface area contributed by atoms with Gasteiger partial charge in [0.15, 0.2) is 6.04 Å². The second-order valence-electron chi connectivity index (χ2n) is 5.29. The molecular weight excluding hydrogens is 278 g/mol. The van der Waals surface area contributed by atoms with Gasteiger partial charge in [0.05, 0.1) is 6.61 Å². The number of amides is 3. The zero-order valence-electron chi connectivity index (χ0n) is 12.7. The highest BCUT2D eigenvalue weighted by molar-refractivity contribution is 5.85. The molecule has 3 amide bonds. The topological polar surface area (TPSA) is 99.2 Å². The number of rotatable bonds is 5. The Hall–Kier alpha value is -1.83. The Morgan fingerprint density at radius 1 is 1.33 bits per heavy atom. The molecule has 1 atom stereocenters. The quantitative estimate of drug-likeness (QED) is 0.719. The molecule has 1 rings (SSSR count). The summed E-state index contributed by atoms with van der Waals surface area (Å²) >= 11 is 0. The molecular formula is C13H23N3O5. The minimum Gasteiger partial charge on any atom is -0.480 e. The summed E-state index contributed by atoms with van der Waals surface area (Å²) in [5.41, 5.74) is 0. The average Bonchev–Trinajstić information content (AvgIpc) is 2.45. The van der Waals surface area contributed by atoms with Crippen LogP contribution in [0.5, 0.6) is 0 Å². The molecule has 0 saturated carbocycles. The van der Waals surface area contributed by atoms with Gasteiger partial charge in [0.2, 0.25) is 5.91 Å². The van der Waals surface area contributed by atoms with Crippen LogP contribution in [-0.2, 0) is 14.3 Å². The maximum atomic E-state index is 12.1. The van der Waals surface area contributed by atoms with E-state index in [2.05, 4.69) is 5.32 Å². The summed E-state index contributed by atoms with van der Waals surface area (Å²) < 4.78 is 4.77. The average molecular weight is 301 g/mol. The number of carboxylic acid groups (broad SMARTS) is 1. The van der Waals surface area contributed by atoms with Crippen LogP contribution in [0.15, 0.2) is 0 Å². The van der Waals surface area contributed by atoms with E-state index in [4.69, 9.17) is 9.84 Å². The molecule has 0 aliphatic carbocycles. The van der Waals surface area contributed by atoms with Crippen LogP contribution >= 0.6 is 0 Å². The summed E-state index contributed by atoms with van der Waals surface area (Å²) in [5.74, 6) is -1.68. The Labute approximate surface area is 124 Å². The van der Waals surface area contributed by atoms with Crippen molar-refractivity contribution in [2.75, 3.05) is 40.9 Å². The van der Waals surface area contributed by atoms with Crippen molar-refractivity contribution >= 4 is 17.9 Å². The van der Waals surface area contributed by atoms with E-state index < -0.39 is 12.0 Å². The van der Waals surface area contributed by atoms with Crippen LogP contribution in [-0.4, -0.2) is 79.8 Å². The summed E-state index contributed by atoms with van der Waals surface area (Å²) in [5, 5.41) is 11.5. The first-order chi connectivity index (χ1) is 9.86. The molecule has 1 aliphatic heterocycles. The predicted octanol–water partition coefficient (Wildman–Crippen LogP) is -0.404. The van der Waals surface area contributed by atoms with Crippen LogP contribution in [0.25, 0.3) is 0 Å². The van der Waals surface area contributed by atoms with Crippen molar-refractivity contribution < 1.29 is 24.2 Å². The molecule has 0 bridgehead atoms. The van der Waals surface area contributed by atoms with Gasteiger partial charge in [-0.25, -0.2) is 9.59 Å². The number of piperidine rings is 1. The van der Waals surface area contributed by atoms with E-state index in [9.17, 15) is 14.4 Å². The lowest BCUT2D eigenvalue weighted by Crippen LogP contribution is -2.50. The van der Waals surface area contributed by atoms with E-state index in [1.165, 1.54) is 12.0 Å². The standard InChI is InChI=1S/C13H23N3O5/c1-15(2)13(20)16-6-4-9(5-7-16)11(17)14-10(8-21-3)12(18)19/h9-10H,4-8H2,1-3H3,(H,14,17)(H,18,19). The molecule has 1 heterocycles. The second kappa shape index (κ2) is 7.82. The molecule has 21 heavy (non-hydrogen) atoms. The van der Waals surface area contributed by atoms with E-state index in [0.29, 0.717) is 25.9 Å². The summed E-state index contributed by atoms with van der Waals surface area (Å²) in [6.07, 6.45) is 1.06. The maximum Gasteiger partial charge on any atom is 0.328 e. The van der Waals surface area contributed by atoms with Gasteiger partial charge in [-0.05, 0) is 12.8 Å². The minimum atomic E-state index is -1.12. The lowest BCUT2D eigenvalue weighted by atomic mass is 9.95. The highest BCUT2D eigenvalue weighted by atomic mass is 16.5. The number of aliphatic carboxylic acids is 1. The number of nitrogens with zero attached hydrogens (tertiary/aromatic N) is 2. The normalized spacial score (nSPS) is 17.2. The third-order valence-electron chi connectivity index (χ3n) is 3.47. The number of nitrogens with one attached hydrogen (secondary N) is 1. The number of ether oxygens (including phenoxy) is 1. The number of carboxylic acids is 1. The van der Waals surface area contributed by atoms with Gasteiger partial charge in [-0.3, -0.25) is 4.79 Å². The molecule has 2 N–H and O–H groups in total. The van der Waals surface area contributed by atoms with E-state index in [1.54, 1.807) is 19.0 Å². The van der Waals surface area contributed by atoms with Gasteiger partial charge < -0.3 is 25.0 Å². The third kappa shape index (κ3) is 4.89. The molecule has 0 aromatic heterocycles. The maximum absolute atomic E-state index is 12.1. The first-order valence-electron chi connectivity index (χ1n) is 6.85. The highest BCUT2D eigenvalue weighted by Crippen LogP contribution is 2.18. The number of hydrogen-bond acceptors (Lipinski definition) is 4. The fourth-order valence-electron chi connectivity index (χ4n) is 2.25. The molecule has 0 spiro atoms. The summed E-state index contributed by atoms with van der Waals surface area (Å²) in [6, 6.07) is -1.11. The molecule has 8 nitrogen and oxygen atoms in total. The van der Waals surface area contributed by atoms with Gasteiger partial charge in [-0.2, -0.15) is 0 Å². The SMILES string of the molecule is COCC(NC(=O)C1CCN(C(=O)N(C)C)CC1)C(=O)O. The van der Waals surface area contributed by atoms with Crippen LogP contribution in [0, 0.1) is 5.92 Å². The summed E-state index contributed by atoms with van der Waals surface area (Å²) in [6.45, 7) is 0.924. The van der Waals surface area contributed by atoms with Crippen LogP contribution in [0.3, 0.4) is 0 Å². The molecule has 0 aromatic carbocycles. The van der Waals surface area contributed by atoms with Crippen LogP contribution < -0.4 is 5.32 Å². The van der Waals surface area contributed by atoms with E-state index in [0.717, 1.165) is 0 Å². The second-order valence-corrected chi connectivity index (χ2v) is 5.29. The van der Waals surface area contributed by atoms with Crippen LogP contribution in [0.4, 0.5) is 4.79 Å². The first kappa shape index (κ1) is 17.2. The lowest BCUT2D eigenvalue weighted by molar-refractivity contribution is -0.144. The van der Waals surface area contributed by atoms with Crippen LogP contribution in [0.1, 0.15) is 12.8 Å². The molecule has 8 heteroatoms. The number of carbonyl (C=O) groups excluding carboxylic acids is 2. The number of carbonyl (C=O) groups is 3. The lowest BCUT2D eigenvalue weighted by Gasteiger charge is -2.33. The highest BCUT2D eigenvalue weighted by Gasteiger charge is 2.30. The first-order valence-corrected chi connectivity index (χ1v) is 6.85. The van der Waals surface area contributed by atoms with E-state index >= 15 is 0 Å². The van der Waals surface area contributed by atoms with Crippen molar-refractivity contribution in [2.24, 2.45) is 5.92 Å².